The van der Waals surface area contributed by atoms with Crippen LogP contribution in [-0.2, 0) is 10.8 Å². The maximum Gasteiger partial charge on any atom is 0.337 e. The lowest BCUT2D eigenvalue weighted by atomic mass is 10.1. The highest BCUT2D eigenvalue weighted by Crippen LogP contribution is 2.18. The maximum atomic E-state index is 11.2. The van der Waals surface area contributed by atoms with Crippen LogP contribution < -0.4 is 11.1 Å². The van der Waals surface area contributed by atoms with Gasteiger partial charge in [0.15, 0.2) is 0 Å². The van der Waals surface area contributed by atoms with Gasteiger partial charge in [-0.3, -0.25) is 4.21 Å². The molecule has 0 aromatic heterocycles. The van der Waals surface area contributed by atoms with Crippen molar-refractivity contribution in [1.82, 2.24) is 0 Å². The zero-order chi connectivity index (χ0) is 13.7. The first kappa shape index (κ1) is 14.5. The molecule has 0 saturated carbocycles. The number of carboxylic acids is 1. The van der Waals surface area contributed by atoms with Gasteiger partial charge in [-0.25, -0.2) is 4.79 Å². The summed E-state index contributed by atoms with van der Waals surface area (Å²) in [6.45, 7) is 2.56. The van der Waals surface area contributed by atoms with E-state index >= 15 is 0 Å². The van der Waals surface area contributed by atoms with Crippen molar-refractivity contribution in [3.63, 3.8) is 0 Å². The fraction of sp³-hybridized carbons (Fsp3) is 0.417. The van der Waals surface area contributed by atoms with Gasteiger partial charge < -0.3 is 16.2 Å². The lowest BCUT2D eigenvalue weighted by molar-refractivity contribution is 0.0698. The van der Waals surface area contributed by atoms with Crippen LogP contribution in [0.4, 0.5) is 11.4 Å². The van der Waals surface area contributed by atoms with Gasteiger partial charge in [-0.15, -0.1) is 0 Å². The smallest absolute Gasteiger partial charge is 0.337 e. The molecule has 5 nitrogen and oxygen atoms in total. The van der Waals surface area contributed by atoms with Crippen molar-refractivity contribution in [3.8, 4) is 0 Å². The zero-order valence-corrected chi connectivity index (χ0v) is 11.3. The minimum atomic E-state index is -1.04. The van der Waals surface area contributed by atoms with E-state index in [1.165, 1.54) is 6.07 Å². The first-order valence-electron chi connectivity index (χ1n) is 5.60. The predicted octanol–water partition coefficient (Wildman–Crippen LogP) is 1.54. The van der Waals surface area contributed by atoms with Gasteiger partial charge in [-0.2, -0.15) is 0 Å². The first-order chi connectivity index (χ1) is 8.41. The summed E-state index contributed by atoms with van der Waals surface area (Å²) in [4.78, 5) is 10.9. The first-order valence-corrected chi connectivity index (χ1v) is 7.23. The molecule has 1 aromatic rings. The summed E-state index contributed by atoms with van der Waals surface area (Å²) in [5.74, 6) is -1.04. The van der Waals surface area contributed by atoms with Gasteiger partial charge in [0.1, 0.15) is 0 Å². The number of benzene rings is 1. The van der Waals surface area contributed by atoms with Gasteiger partial charge in [-0.1, -0.05) is 6.92 Å². The topological polar surface area (TPSA) is 92.4 Å². The molecule has 4 N–H and O–H groups in total. The second-order valence-electron chi connectivity index (χ2n) is 4.13. The van der Waals surface area contributed by atoms with Crippen LogP contribution in [-0.4, -0.2) is 33.3 Å². The molecule has 1 aromatic carbocycles. The van der Waals surface area contributed by atoms with Crippen molar-refractivity contribution >= 4 is 28.1 Å². The van der Waals surface area contributed by atoms with Crippen LogP contribution in [0.15, 0.2) is 18.2 Å². The molecule has 0 saturated heterocycles. The monoisotopic (exact) mass is 270 g/mol. The van der Waals surface area contributed by atoms with E-state index in [2.05, 4.69) is 5.32 Å². The highest BCUT2D eigenvalue weighted by atomic mass is 32.2. The van der Waals surface area contributed by atoms with E-state index in [-0.39, 0.29) is 16.5 Å². The number of aromatic carboxylic acids is 1. The average molecular weight is 270 g/mol. The van der Waals surface area contributed by atoms with Crippen LogP contribution in [0, 0.1) is 0 Å². The Morgan fingerprint density at radius 2 is 2.22 bits per heavy atom. The van der Waals surface area contributed by atoms with Crippen molar-refractivity contribution in [2.24, 2.45) is 0 Å². The van der Waals surface area contributed by atoms with Gasteiger partial charge in [0, 0.05) is 40.2 Å². The number of hydrogen-bond acceptors (Lipinski definition) is 4. The Labute approximate surface area is 109 Å². The highest BCUT2D eigenvalue weighted by molar-refractivity contribution is 7.84. The Bertz CT molecular complexity index is 463. The van der Waals surface area contributed by atoms with E-state index in [1.54, 1.807) is 18.4 Å². The van der Waals surface area contributed by atoms with E-state index in [9.17, 15) is 9.00 Å². The van der Waals surface area contributed by atoms with Crippen molar-refractivity contribution in [3.05, 3.63) is 23.8 Å². The maximum absolute atomic E-state index is 11.2. The number of nitrogens with two attached hydrogens (primary N) is 1. The Balaban J connectivity index is 2.61. The molecule has 0 aliphatic heterocycles. The van der Waals surface area contributed by atoms with Crippen LogP contribution in [0.3, 0.4) is 0 Å². The Kier molecular flexibility index (Phi) is 5.15. The van der Waals surface area contributed by atoms with Crippen LogP contribution in [0.1, 0.15) is 23.7 Å². The number of nitrogens with one attached hydrogen (secondary N) is 1. The van der Waals surface area contributed by atoms with Crippen molar-refractivity contribution in [1.29, 1.82) is 0 Å². The van der Waals surface area contributed by atoms with E-state index in [1.807, 2.05) is 6.92 Å². The lowest BCUT2D eigenvalue weighted by Gasteiger charge is -2.11. The molecule has 0 aliphatic carbocycles. The molecule has 0 heterocycles. The summed E-state index contributed by atoms with van der Waals surface area (Å²) >= 11 is 0. The van der Waals surface area contributed by atoms with Crippen LogP contribution >= 0.6 is 0 Å². The fourth-order valence-corrected chi connectivity index (χ4v) is 1.89. The molecule has 0 spiro atoms. The third-order valence-electron chi connectivity index (χ3n) is 2.73. The molecule has 1 rings (SSSR count). The van der Waals surface area contributed by atoms with Gasteiger partial charge in [0.25, 0.3) is 0 Å². The normalized spacial score (nSPS) is 13.9. The van der Waals surface area contributed by atoms with Crippen LogP contribution in [0.25, 0.3) is 0 Å². The predicted molar refractivity (Wildman–Crippen MR) is 74.4 cm³/mol. The second-order valence-corrected chi connectivity index (χ2v) is 5.93. The highest BCUT2D eigenvalue weighted by Gasteiger charge is 2.09. The summed E-state index contributed by atoms with van der Waals surface area (Å²) in [5.41, 5.74) is 6.60. The van der Waals surface area contributed by atoms with Gasteiger partial charge in [0.05, 0.1) is 5.56 Å². The molecular weight excluding hydrogens is 252 g/mol. The standard InChI is InChI=1S/C12H18N2O3S/c1-8(18(2)17)5-6-14-9-3-4-11(13)10(7-9)12(15)16/h3-4,7-8,14H,5-6,13H2,1-2H3,(H,15,16). The van der Waals surface area contributed by atoms with Crippen LogP contribution in [0.2, 0.25) is 0 Å². The molecule has 0 radical (unpaired) electrons. The minimum Gasteiger partial charge on any atom is -0.478 e. The number of rotatable bonds is 6. The summed E-state index contributed by atoms with van der Waals surface area (Å²) in [5, 5.41) is 12.1. The van der Waals surface area contributed by atoms with E-state index in [4.69, 9.17) is 10.8 Å². The summed E-state index contributed by atoms with van der Waals surface area (Å²) in [6.07, 6.45) is 2.44. The van der Waals surface area contributed by atoms with Crippen molar-refractivity contribution in [2.45, 2.75) is 18.6 Å². The van der Waals surface area contributed by atoms with E-state index in [0.717, 1.165) is 6.42 Å². The Hall–Kier alpha value is -1.56. The number of nitrogen functional groups attached to an aromatic ring is 1. The average Bonchev–Trinajstić information content (AvgIpc) is 2.30. The molecular formula is C12H18N2O3S. The molecule has 0 aliphatic rings. The summed E-state index contributed by atoms with van der Waals surface area (Å²) < 4.78 is 11.2. The minimum absolute atomic E-state index is 0.0899. The molecule has 2 atom stereocenters. The van der Waals surface area contributed by atoms with E-state index in [0.29, 0.717) is 12.2 Å². The van der Waals surface area contributed by atoms with Gasteiger partial charge >= 0.3 is 5.97 Å². The second kappa shape index (κ2) is 6.39. The molecule has 2 unspecified atom stereocenters. The van der Waals surface area contributed by atoms with Gasteiger partial charge in [-0.05, 0) is 24.6 Å². The third-order valence-corrected chi connectivity index (χ3v) is 4.10. The summed E-state index contributed by atoms with van der Waals surface area (Å²) in [7, 11) is -0.838. The lowest BCUT2D eigenvalue weighted by Crippen LogP contribution is -2.15. The third kappa shape index (κ3) is 4.03. The van der Waals surface area contributed by atoms with Crippen molar-refractivity contribution < 1.29 is 14.1 Å². The summed E-state index contributed by atoms with van der Waals surface area (Å²) in [6, 6.07) is 4.80. The largest absolute Gasteiger partial charge is 0.478 e. The molecule has 18 heavy (non-hydrogen) atoms. The Morgan fingerprint density at radius 3 is 2.78 bits per heavy atom. The number of carbonyl (C=O) groups is 1. The Morgan fingerprint density at radius 1 is 1.56 bits per heavy atom. The number of carboxylic acid groups (broad SMARTS) is 1. The number of anilines is 2. The molecule has 0 fully saturated rings. The molecule has 0 amide bonds. The van der Waals surface area contributed by atoms with E-state index < -0.39 is 16.8 Å². The molecule has 6 heteroatoms. The molecule has 0 bridgehead atoms. The van der Waals surface area contributed by atoms with Crippen molar-refractivity contribution in [2.75, 3.05) is 23.9 Å². The van der Waals surface area contributed by atoms with Crippen LogP contribution in [0.5, 0.6) is 0 Å². The molecule has 100 valence electrons. The number of hydrogen-bond donors (Lipinski definition) is 3. The quantitative estimate of drug-likeness (QED) is 0.682. The van der Waals surface area contributed by atoms with Gasteiger partial charge in [0.2, 0.25) is 0 Å². The zero-order valence-electron chi connectivity index (χ0n) is 10.5. The SMILES string of the molecule is CC(CCNc1ccc(N)c(C(=O)O)c1)S(C)=O. The fourth-order valence-electron chi connectivity index (χ4n) is 1.44.